The zero-order valence-corrected chi connectivity index (χ0v) is 25.1. The van der Waals surface area contributed by atoms with Gasteiger partial charge in [0.1, 0.15) is 19.1 Å². The van der Waals surface area contributed by atoms with Crippen molar-refractivity contribution in [1.82, 2.24) is 5.32 Å². The Balaban J connectivity index is 0.000000949. The van der Waals surface area contributed by atoms with Crippen LogP contribution in [0.5, 0.6) is 11.5 Å². The molecule has 0 heterocycles. The van der Waals surface area contributed by atoms with E-state index in [-0.39, 0.29) is 27.1 Å². The minimum Gasteiger partial charge on any atom is -0.778 e. The molecule has 0 aromatic heterocycles. The highest BCUT2D eigenvalue weighted by molar-refractivity contribution is 7.94. The van der Waals surface area contributed by atoms with Crippen molar-refractivity contribution in [3.63, 3.8) is 0 Å². The van der Waals surface area contributed by atoms with Gasteiger partial charge in [-0.1, -0.05) is 23.2 Å². The van der Waals surface area contributed by atoms with Gasteiger partial charge in [-0.3, -0.25) is 10.1 Å². The number of aliphatic carboxylic acids is 2. The van der Waals surface area contributed by atoms with Crippen LogP contribution in [0.2, 0.25) is 10.0 Å². The third-order valence-electron chi connectivity index (χ3n) is 3.86. The van der Waals surface area contributed by atoms with Gasteiger partial charge in [0.25, 0.3) is 0 Å². The van der Waals surface area contributed by atoms with Gasteiger partial charge in [0.05, 0.1) is 52.8 Å². The van der Waals surface area contributed by atoms with Crippen molar-refractivity contribution >= 4 is 59.6 Å². The third-order valence-corrected chi connectivity index (χ3v) is 5.11. The largest absolute Gasteiger partial charge is 0.778 e. The lowest BCUT2D eigenvalue weighted by Crippen LogP contribution is -2.25. The molecule has 0 radical (unpaired) electrons. The Morgan fingerprint density at radius 2 is 1.63 bits per heavy atom. The first-order valence-corrected chi connectivity index (χ1v) is 15.8. The molecule has 18 heteroatoms. The van der Waals surface area contributed by atoms with Crippen LogP contribution in [0.4, 0.5) is 13.2 Å². The van der Waals surface area contributed by atoms with E-state index in [2.05, 4.69) is 18.8 Å². The zero-order chi connectivity index (χ0) is 32.1. The first-order chi connectivity index (χ1) is 18.6. The Bertz CT molecular complexity index is 1240. The fraction of sp³-hybridized carbons (Fsp3) is 0.348. The number of ether oxygens (including phenoxy) is 2. The second-order valence-electron chi connectivity index (χ2n) is 8.11. The Hall–Kier alpha value is -2.52. The molecule has 0 saturated heterocycles. The molecule has 2 atom stereocenters. The Morgan fingerprint density at radius 3 is 2.07 bits per heavy atom. The lowest BCUT2D eigenvalue weighted by atomic mass is 10.2. The van der Waals surface area contributed by atoms with Gasteiger partial charge in [0, 0.05) is 0 Å². The van der Waals surface area contributed by atoms with Crippen LogP contribution in [0.3, 0.4) is 0 Å². The number of halogens is 5. The molecule has 11 nitrogen and oxygen atoms in total. The minimum atomic E-state index is -4.56. The highest BCUT2D eigenvalue weighted by atomic mass is 35.5. The Kier molecular flexibility index (Phi) is 16.4. The van der Waals surface area contributed by atoms with Gasteiger partial charge in [0.15, 0.2) is 6.10 Å². The topological polar surface area (TPSA) is 183 Å². The monoisotopic (exact) mass is 667 g/mol. The number of esters is 1. The van der Waals surface area contributed by atoms with Crippen LogP contribution in [0.25, 0.3) is 0 Å². The van der Waals surface area contributed by atoms with Gasteiger partial charge in [-0.2, -0.15) is 13.2 Å². The fourth-order valence-corrected chi connectivity index (χ4v) is 3.00. The maximum absolute atomic E-state index is 12.7. The van der Waals surface area contributed by atoms with Crippen LogP contribution in [-0.4, -0.2) is 70.7 Å². The maximum Gasteiger partial charge on any atom is 0.416 e. The van der Waals surface area contributed by atoms with Crippen LogP contribution in [-0.2, 0) is 36.0 Å². The molecule has 0 bridgehead atoms. The first kappa shape index (κ1) is 38.5. The number of rotatable bonds is 9. The number of carbonyl (C=O) groups is 3. The number of carbonyl (C=O) groups excluding carboxylic acids is 1. The third kappa shape index (κ3) is 17.1. The molecule has 0 saturated carbocycles. The minimum absolute atomic E-state index is 0.0246. The summed E-state index contributed by atoms with van der Waals surface area (Å²) in [5.41, 5.74) is -1.12. The fourth-order valence-electron chi connectivity index (χ4n) is 2.19. The normalized spacial score (nSPS) is 13.0. The van der Waals surface area contributed by atoms with E-state index in [1.54, 1.807) is 0 Å². The summed E-state index contributed by atoms with van der Waals surface area (Å²) in [6, 6.07) is 6.33. The van der Waals surface area contributed by atoms with Crippen LogP contribution in [0.15, 0.2) is 36.4 Å². The molecule has 4 N–H and O–H groups in total. The van der Waals surface area contributed by atoms with Crippen molar-refractivity contribution in [1.29, 1.82) is 0 Å². The van der Waals surface area contributed by atoms with E-state index >= 15 is 0 Å². The van der Waals surface area contributed by atoms with Crippen molar-refractivity contribution in [3.05, 3.63) is 57.6 Å². The first-order valence-electron chi connectivity index (χ1n) is 10.9. The number of hydrogen-bond donors (Lipinski definition) is 4. The summed E-state index contributed by atoms with van der Waals surface area (Å²) in [5.74, 6) is -3.56. The van der Waals surface area contributed by atoms with Crippen LogP contribution in [0, 0.1) is 0 Å². The molecule has 0 aliphatic rings. The summed E-state index contributed by atoms with van der Waals surface area (Å²) >= 11 is 11.7. The van der Waals surface area contributed by atoms with Crippen LogP contribution in [0.1, 0.15) is 22.8 Å². The maximum atomic E-state index is 12.7. The predicted octanol–water partition coefficient (Wildman–Crippen LogP) is 4.09. The van der Waals surface area contributed by atoms with Gasteiger partial charge in [-0.05, 0) is 54.2 Å². The molecule has 0 aliphatic carbocycles. The highest BCUT2D eigenvalue weighted by Gasteiger charge is 2.31. The quantitative estimate of drug-likeness (QED) is 0.172. The van der Waals surface area contributed by atoms with E-state index in [1.165, 1.54) is 12.1 Å². The lowest BCUT2D eigenvalue weighted by molar-refractivity contribution is -0.193. The van der Waals surface area contributed by atoms with E-state index in [9.17, 15) is 37.0 Å². The molecule has 0 amide bonds. The van der Waals surface area contributed by atoms with Gasteiger partial charge >= 0.3 is 24.1 Å². The van der Waals surface area contributed by atoms with E-state index in [1.807, 2.05) is 5.32 Å². The predicted molar refractivity (Wildman–Crippen MR) is 146 cm³/mol. The summed E-state index contributed by atoms with van der Waals surface area (Å²) < 4.78 is 58.1. The second kappa shape index (κ2) is 17.4. The molecule has 0 spiro atoms. The van der Waals surface area contributed by atoms with Gasteiger partial charge < -0.3 is 34.0 Å². The van der Waals surface area contributed by atoms with Gasteiger partial charge in [-0.15, -0.1) is 0 Å². The number of hydrogen-bond acceptors (Lipinski definition) is 8. The van der Waals surface area contributed by atoms with Crippen molar-refractivity contribution in [2.24, 2.45) is 0 Å². The second-order valence-corrected chi connectivity index (χ2v) is 13.0. The van der Waals surface area contributed by atoms with E-state index < -0.39 is 56.2 Å². The van der Waals surface area contributed by atoms with Gasteiger partial charge in [-0.25, -0.2) is 9.59 Å². The Labute approximate surface area is 246 Å². The SMILES string of the molecule is C[C@H](OC(=O)c1cc(Oc2ccc(C(F)(F)F)cc2Cl)ccc1Cl)C(=O)O.C[S+](C)C.O=C(O)CNCP(=O)([O-])O. The number of alkyl halides is 3. The molecule has 1 unspecified atom stereocenters. The molecular formula is C23H27Cl2F3NO10PS. The molecule has 0 fully saturated rings. The van der Waals surface area contributed by atoms with Crippen molar-refractivity contribution in [2.45, 2.75) is 19.2 Å². The molecule has 2 aromatic carbocycles. The van der Waals surface area contributed by atoms with Crippen LogP contribution >= 0.6 is 30.8 Å². The summed E-state index contributed by atoms with van der Waals surface area (Å²) in [6.45, 7) is 0.684. The van der Waals surface area contributed by atoms with E-state index in [0.29, 0.717) is 17.0 Å². The molecule has 2 aromatic rings. The average molecular weight is 668 g/mol. The lowest BCUT2D eigenvalue weighted by Gasteiger charge is -2.14. The molecule has 0 aliphatic heterocycles. The Morgan fingerprint density at radius 1 is 1.07 bits per heavy atom. The molecular weight excluding hydrogens is 641 g/mol. The summed E-state index contributed by atoms with van der Waals surface area (Å²) in [4.78, 5) is 50.6. The van der Waals surface area contributed by atoms with Gasteiger partial charge in [0.2, 0.25) is 0 Å². The summed E-state index contributed by atoms with van der Waals surface area (Å²) in [5, 5.41) is 18.4. The summed E-state index contributed by atoms with van der Waals surface area (Å²) in [7, 11) is -3.71. The standard InChI is InChI=1S/C17H11Cl2F3O5.C3H8NO5P.C3H9S/c1-8(15(23)24)26-16(25)11-7-10(3-4-12(11)18)27-14-5-2-9(6-13(14)19)17(20,21)22;5-3(6)1-4-2-10(7,8)9;1-4(2)3/h2-8H,1H3,(H,23,24);4H,1-2H2,(H,5,6)(H2,7,8,9);1-3H3/q;;+1/p-1/t8-;;/m0../s1. The molecule has 230 valence electrons. The zero-order valence-electron chi connectivity index (χ0n) is 21.9. The van der Waals surface area contributed by atoms with E-state index in [0.717, 1.165) is 25.1 Å². The van der Waals surface area contributed by atoms with Crippen molar-refractivity contribution < 1.29 is 61.6 Å². The smallest absolute Gasteiger partial charge is 0.416 e. The number of nitrogens with one attached hydrogen (secondary N) is 1. The van der Waals surface area contributed by atoms with Crippen molar-refractivity contribution in [2.75, 3.05) is 31.6 Å². The molecule has 2 rings (SSSR count). The van der Waals surface area contributed by atoms with Crippen LogP contribution < -0.4 is 14.9 Å². The van der Waals surface area contributed by atoms with E-state index in [4.69, 9.17) is 47.8 Å². The number of carboxylic acids is 2. The average Bonchev–Trinajstić information content (AvgIpc) is 2.79. The van der Waals surface area contributed by atoms with Crippen molar-refractivity contribution in [3.8, 4) is 11.5 Å². The number of benzene rings is 2. The molecule has 41 heavy (non-hydrogen) atoms. The summed E-state index contributed by atoms with van der Waals surface area (Å²) in [6.07, 6.45) is -0.0815. The highest BCUT2D eigenvalue weighted by Crippen LogP contribution is 2.37. The number of carboxylic acid groups (broad SMARTS) is 2.